The van der Waals surface area contributed by atoms with Gasteiger partial charge in [0.2, 0.25) is 5.91 Å². The number of rotatable bonds is 5. The highest BCUT2D eigenvalue weighted by atomic mass is 19.1. The molecule has 1 aromatic carbocycles. The van der Waals surface area contributed by atoms with Crippen molar-refractivity contribution in [2.75, 3.05) is 11.9 Å². The smallest absolute Gasteiger partial charge is 0.325 e. The molecule has 2 rings (SSSR count). The van der Waals surface area contributed by atoms with E-state index in [4.69, 9.17) is 0 Å². The van der Waals surface area contributed by atoms with Crippen LogP contribution in [0.25, 0.3) is 0 Å². The number of anilines is 1. The van der Waals surface area contributed by atoms with Crippen molar-refractivity contribution in [2.24, 2.45) is 0 Å². The molecule has 118 valence electrons. The molecule has 1 fully saturated rings. The summed E-state index contributed by atoms with van der Waals surface area (Å²) in [7, 11) is 0. The average molecular weight is 307 g/mol. The van der Waals surface area contributed by atoms with Gasteiger partial charge < -0.3 is 10.6 Å². The molecule has 0 aromatic heterocycles. The second-order valence-corrected chi connectivity index (χ2v) is 5.23. The Balaban J connectivity index is 1.98. The van der Waals surface area contributed by atoms with Crippen LogP contribution >= 0.6 is 0 Å². The van der Waals surface area contributed by atoms with E-state index < -0.39 is 29.7 Å². The van der Waals surface area contributed by atoms with Crippen molar-refractivity contribution in [3.05, 3.63) is 29.6 Å². The van der Waals surface area contributed by atoms with E-state index in [0.717, 1.165) is 11.3 Å². The summed E-state index contributed by atoms with van der Waals surface area (Å²) in [5.41, 5.74) is 0.750. The van der Waals surface area contributed by atoms with E-state index in [9.17, 15) is 18.8 Å². The van der Waals surface area contributed by atoms with Gasteiger partial charge in [-0.2, -0.15) is 0 Å². The number of nitrogens with zero attached hydrogens (tertiary/aromatic N) is 1. The molecule has 0 radical (unpaired) electrons. The van der Waals surface area contributed by atoms with Crippen LogP contribution in [0.2, 0.25) is 0 Å². The number of nitrogens with one attached hydrogen (secondary N) is 2. The highest BCUT2D eigenvalue weighted by Gasteiger charge is 2.38. The summed E-state index contributed by atoms with van der Waals surface area (Å²) >= 11 is 0. The Morgan fingerprint density at radius 1 is 1.41 bits per heavy atom. The molecule has 1 atom stereocenters. The number of benzene rings is 1. The summed E-state index contributed by atoms with van der Waals surface area (Å²) in [6.45, 7) is 3.13. The largest absolute Gasteiger partial charge is 0.326 e. The van der Waals surface area contributed by atoms with Crippen LogP contribution in [-0.2, 0) is 9.59 Å². The number of hydrogen-bond acceptors (Lipinski definition) is 3. The quantitative estimate of drug-likeness (QED) is 0.814. The van der Waals surface area contributed by atoms with Crippen LogP contribution in [-0.4, -0.2) is 35.3 Å². The van der Waals surface area contributed by atoms with E-state index in [0.29, 0.717) is 12.0 Å². The third-order valence-electron chi connectivity index (χ3n) is 3.44. The molecule has 1 unspecified atom stereocenters. The van der Waals surface area contributed by atoms with Gasteiger partial charge in [-0.1, -0.05) is 19.4 Å². The Kier molecular flexibility index (Phi) is 4.75. The minimum absolute atomic E-state index is 0.283. The number of carbonyl (C=O) groups excluding carboxylic acids is 3. The van der Waals surface area contributed by atoms with E-state index in [2.05, 4.69) is 10.6 Å². The lowest BCUT2D eigenvalue weighted by molar-refractivity contribution is -0.130. The van der Waals surface area contributed by atoms with Crippen LogP contribution < -0.4 is 10.6 Å². The Bertz CT molecular complexity index is 618. The maximum absolute atomic E-state index is 13.4. The van der Waals surface area contributed by atoms with Crippen molar-refractivity contribution >= 4 is 23.5 Å². The number of hydrogen-bond donors (Lipinski definition) is 2. The molecule has 0 bridgehead atoms. The maximum Gasteiger partial charge on any atom is 0.325 e. The molecule has 22 heavy (non-hydrogen) atoms. The fraction of sp³-hybridized carbons (Fsp3) is 0.400. The zero-order valence-electron chi connectivity index (χ0n) is 12.5. The first-order chi connectivity index (χ1) is 10.4. The van der Waals surface area contributed by atoms with E-state index >= 15 is 0 Å². The maximum atomic E-state index is 13.4. The molecule has 4 amide bonds. The highest BCUT2D eigenvalue weighted by Crippen LogP contribution is 2.14. The highest BCUT2D eigenvalue weighted by molar-refractivity contribution is 6.07. The molecule has 7 heteroatoms. The molecule has 0 aliphatic carbocycles. The van der Waals surface area contributed by atoms with Crippen molar-refractivity contribution in [1.29, 1.82) is 0 Å². The van der Waals surface area contributed by atoms with Crippen molar-refractivity contribution in [3.63, 3.8) is 0 Å². The molecule has 1 aliphatic rings. The minimum atomic E-state index is -0.575. The average Bonchev–Trinajstić information content (AvgIpc) is 2.71. The fourth-order valence-corrected chi connectivity index (χ4v) is 2.23. The lowest BCUT2D eigenvalue weighted by atomic mass is 10.2. The molecule has 1 heterocycles. The first-order valence-corrected chi connectivity index (χ1v) is 7.10. The normalized spacial score (nSPS) is 17.6. The summed E-state index contributed by atoms with van der Waals surface area (Å²) in [6, 6.07) is 3.15. The molecular formula is C15H18FN3O3. The van der Waals surface area contributed by atoms with Gasteiger partial charge in [-0.25, -0.2) is 9.18 Å². The molecule has 1 aromatic rings. The lowest BCUT2D eigenvalue weighted by Crippen LogP contribution is -2.38. The number of aryl methyl sites for hydroxylation is 1. The van der Waals surface area contributed by atoms with Gasteiger partial charge in [0.15, 0.2) is 0 Å². The molecule has 2 N–H and O–H groups in total. The third kappa shape index (κ3) is 3.41. The minimum Gasteiger partial charge on any atom is -0.326 e. The number of carbonyl (C=O) groups is 3. The number of amides is 4. The Labute approximate surface area is 127 Å². The molecule has 0 saturated carbocycles. The van der Waals surface area contributed by atoms with Crippen molar-refractivity contribution in [2.45, 2.75) is 32.7 Å². The molecular weight excluding hydrogens is 289 g/mol. The summed E-state index contributed by atoms with van der Waals surface area (Å²) in [6.07, 6.45) is 1.28. The predicted molar refractivity (Wildman–Crippen MR) is 78.7 cm³/mol. The number of imide groups is 1. The van der Waals surface area contributed by atoms with Crippen molar-refractivity contribution in [3.8, 4) is 0 Å². The van der Waals surface area contributed by atoms with E-state index in [-0.39, 0.29) is 12.2 Å². The second kappa shape index (κ2) is 6.55. The van der Waals surface area contributed by atoms with Gasteiger partial charge in [0.05, 0.1) is 0 Å². The zero-order chi connectivity index (χ0) is 16.3. The summed E-state index contributed by atoms with van der Waals surface area (Å²) in [5, 5.41) is 5.01. The number of halogens is 1. The van der Waals surface area contributed by atoms with Gasteiger partial charge in [0, 0.05) is 5.69 Å². The molecule has 6 nitrogen and oxygen atoms in total. The summed E-state index contributed by atoms with van der Waals surface area (Å²) in [4.78, 5) is 36.5. The van der Waals surface area contributed by atoms with Gasteiger partial charge in [-0.15, -0.1) is 0 Å². The van der Waals surface area contributed by atoms with E-state index in [1.165, 1.54) is 12.1 Å². The van der Waals surface area contributed by atoms with Gasteiger partial charge in [-0.05, 0) is 31.0 Å². The second-order valence-electron chi connectivity index (χ2n) is 5.23. The van der Waals surface area contributed by atoms with Crippen LogP contribution in [0.15, 0.2) is 18.2 Å². The van der Waals surface area contributed by atoms with Gasteiger partial charge >= 0.3 is 6.03 Å². The lowest BCUT2D eigenvalue weighted by Gasteiger charge is -2.13. The summed E-state index contributed by atoms with van der Waals surface area (Å²) < 4.78 is 13.4. The SMILES string of the molecule is CCCC1NC(=O)N(CC(=O)Nc2ccc(C)c(F)c2)C1=O. The first-order valence-electron chi connectivity index (χ1n) is 7.10. The van der Waals surface area contributed by atoms with Crippen LogP contribution in [0.3, 0.4) is 0 Å². The Hall–Kier alpha value is -2.44. The van der Waals surface area contributed by atoms with E-state index in [1.54, 1.807) is 13.0 Å². The molecule has 0 spiro atoms. The topological polar surface area (TPSA) is 78.5 Å². The van der Waals surface area contributed by atoms with Crippen molar-refractivity contribution < 1.29 is 18.8 Å². The van der Waals surface area contributed by atoms with Crippen LogP contribution in [0.5, 0.6) is 0 Å². The molecule has 1 saturated heterocycles. The van der Waals surface area contributed by atoms with Crippen molar-refractivity contribution in [1.82, 2.24) is 10.2 Å². The zero-order valence-corrected chi connectivity index (χ0v) is 12.5. The molecule has 1 aliphatic heterocycles. The number of urea groups is 1. The standard InChI is InChI=1S/C15H18FN3O3/c1-3-4-12-14(21)19(15(22)18-12)8-13(20)17-10-6-5-9(2)11(16)7-10/h5-7,12H,3-4,8H2,1-2H3,(H,17,20)(H,18,22). The predicted octanol–water partition coefficient (Wildman–Crippen LogP) is 1.79. The van der Waals surface area contributed by atoms with Gasteiger partial charge in [0.25, 0.3) is 5.91 Å². The Morgan fingerprint density at radius 3 is 2.77 bits per heavy atom. The van der Waals surface area contributed by atoms with Crippen LogP contribution in [0, 0.1) is 12.7 Å². The summed E-state index contributed by atoms with van der Waals surface area (Å²) in [5.74, 6) is -1.39. The van der Waals surface area contributed by atoms with Gasteiger partial charge in [-0.3, -0.25) is 14.5 Å². The monoisotopic (exact) mass is 307 g/mol. The van der Waals surface area contributed by atoms with Gasteiger partial charge in [0.1, 0.15) is 18.4 Å². The fourth-order valence-electron chi connectivity index (χ4n) is 2.23. The van der Waals surface area contributed by atoms with Crippen LogP contribution in [0.1, 0.15) is 25.3 Å². The van der Waals surface area contributed by atoms with Crippen LogP contribution in [0.4, 0.5) is 14.9 Å². The van der Waals surface area contributed by atoms with E-state index in [1.807, 2.05) is 6.92 Å². The first kappa shape index (κ1) is 15.9. The third-order valence-corrected chi connectivity index (χ3v) is 3.44. The Morgan fingerprint density at radius 2 is 2.14 bits per heavy atom.